The summed E-state index contributed by atoms with van der Waals surface area (Å²) in [6.07, 6.45) is 0. The number of ether oxygens (including phenoxy) is 1. The Hall–Kier alpha value is -1.93. The van der Waals surface area contributed by atoms with Gasteiger partial charge in [-0.15, -0.1) is 11.3 Å². The Morgan fingerprint density at radius 2 is 2.15 bits per heavy atom. The minimum absolute atomic E-state index is 0.133. The molecule has 3 N–H and O–H groups in total. The first-order valence-electron chi connectivity index (χ1n) is 6.14. The summed E-state index contributed by atoms with van der Waals surface area (Å²) in [6.45, 7) is 3.94. The summed E-state index contributed by atoms with van der Waals surface area (Å²) in [5, 5.41) is 0.339. The number of esters is 1. The van der Waals surface area contributed by atoms with E-state index in [1.807, 2.05) is 0 Å². The topological polar surface area (TPSA) is 107 Å². The molecular weight excluding hydrogens is 282 g/mol. The molecule has 7 nitrogen and oxygen atoms in total. The number of nitrogens with two attached hydrogens (primary N) is 1. The zero-order valence-electron chi connectivity index (χ0n) is 11.2. The molecule has 2 aromatic rings. The molecule has 0 aliphatic heterocycles. The summed E-state index contributed by atoms with van der Waals surface area (Å²) in [4.78, 5) is 39.2. The highest BCUT2D eigenvalue weighted by Crippen LogP contribution is 2.26. The standard InChI is InChI=1S/C12H15N3O4S/c1-3-19-11(17)8-6(2)7-9(20-8)14-12(18)15(5-4-13)10(7)16/h3-5,13H2,1-2H3,(H,14,18). The van der Waals surface area contributed by atoms with Gasteiger partial charge in [-0.25, -0.2) is 9.59 Å². The Balaban J connectivity index is 2.73. The third-order valence-electron chi connectivity index (χ3n) is 2.88. The summed E-state index contributed by atoms with van der Waals surface area (Å²) in [6, 6.07) is 0. The first kappa shape index (κ1) is 14.5. The lowest BCUT2D eigenvalue weighted by atomic mass is 10.2. The second-order valence-corrected chi connectivity index (χ2v) is 5.18. The van der Waals surface area contributed by atoms with Crippen molar-refractivity contribution in [1.82, 2.24) is 9.55 Å². The molecule has 0 radical (unpaired) electrons. The monoisotopic (exact) mass is 297 g/mol. The van der Waals surface area contributed by atoms with Crippen LogP contribution in [0.3, 0.4) is 0 Å². The van der Waals surface area contributed by atoms with Gasteiger partial charge in [0.2, 0.25) is 0 Å². The molecule has 0 aliphatic carbocycles. The third kappa shape index (κ3) is 2.27. The van der Waals surface area contributed by atoms with Crippen molar-refractivity contribution in [2.75, 3.05) is 13.2 Å². The zero-order chi connectivity index (χ0) is 14.9. The van der Waals surface area contributed by atoms with E-state index in [-0.39, 0.29) is 19.7 Å². The minimum atomic E-state index is -0.524. The molecule has 0 spiro atoms. The zero-order valence-corrected chi connectivity index (χ0v) is 12.0. The van der Waals surface area contributed by atoms with Gasteiger partial charge in [-0.1, -0.05) is 0 Å². The summed E-state index contributed by atoms with van der Waals surface area (Å²) < 4.78 is 5.98. The van der Waals surface area contributed by atoms with E-state index in [1.165, 1.54) is 0 Å². The molecule has 0 saturated carbocycles. The van der Waals surface area contributed by atoms with Crippen LogP contribution in [0, 0.1) is 6.92 Å². The molecule has 2 heterocycles. The van der Waals surface area contributed by atoms with Gasteiger partial charge in [-0.3, -0.25) is 14.3 Å². The van der Waals surface area contributed by atoms with Crippen LogP contribution in [-0.2, 0) is 11.3 Å². The van der Waals surface area contributed by atoms with Crippen molar-refractivity contribution in [2.45, 2.75) is 20.4 Å². The number of carbonyl (C=O) groups is 1. The lowest BCUT2D eigenvalue weighted by molar-refractivity contribution is 0.0531. The fourth-order valence-corrected chi connectivity index (χ4v) is 3.06. The summed E-state index contributed by atoms with van der Waals surface area (Å²) in [5.41, 5.74) is 4.96. The number of fused-ring (bicyclic) bond motifs is 1. The van der Waals surface area contributed by atoms with E-state index >= 15 is 0 Å². The van der Waals surface area contributed by atoms with Crippen molar-refractivity contribution in [3.63, 3.8) is 0 Å². The predicted octanol–water partition coefficient (Wildman–Crippen LogP) is 0.195. The second-order valence-electron chi connectivity index (χ2n) is 4.16. The SMILES string of the molecule is CCOC(=O)c1sc2[nH]c(=O)n(CCN)c(=O)c2c1C. The first-order valence-corrected chi connectivity index (χ1v) is 6.96. The van der Waals surface area contributed by atoms with Crippen LogP contribution < -0.4 is 17.0 Å². The number of nitrogens with one attached hydrogen (secondary N) is 1. The van der Waals surface area contributed by atoms with E-state index in [1.54, 1.807) is 13.8 Å². The normalized spacial score (nSPS) is 10.9. The van der Waals surface area contributed by atoms with Gasteiger partial charge < -0.3 is 10.5 Å². The van der Waals surface area contributed by atoms with Gasteiger partial charge in [0.15, 0.2) is 0 Å². The van der Waals surface area contributed by atoms with Crippen molar-refractivity contribution in [2.24, 2.45) is 5.73 Å². The molecule has 0 aromatic carbocycles. The average molecular weight is 297 g/mol. The Kier molecular flexibility index (Phi) is 4.05. The highest BCUT2D eigenvalue weighted by molar-refractivity contribution is 7.20. The minimum Gasteiger partial charge on any atom is -0.462 e. The van der Waals surface area contributed by atoms with E-state index in [2.05, 4.69) is 4.98 Å². The smallest absolute Gasteiger partial charge is 0.348 e. The number of rotatable bonds is 4. The Labute approximate surface area is 118 Å². The molecule has 2 aromatic heterocycles. The number of aromatic amines is 1. The number of aromatic nitrogens is 2. The second kappa shape index (κ2) is 5.59. The largest absolute Gasteiger partial charge is 0.462 e. The van der Waals surface area contributed by atoms with E-state index in [9.17, 15) is 14.4 Å². The number of thiophene rings is 1. The van der Waals surface area contributed by atoms with E-state index in [4.69, 9.17) is 10.5 Å². The highest BCUT2D eigenvalue weighted by atomic mass is 32.1. The van der Waals surface area contributed by atoms with Crippen molar-refractivity contribution in [1.29, 1.82) is 0 Å². The fourth-order valence-electron chi connectivity index (χ4n) is 1.97. The third-order valence-corrected chi connectivity index (χ3v) is 4.07. The van der Waals surface area contributed by atoms with Gasteiger partial charge in [0.25, 0.3) is 5.56 Å². The van der Waals surface area contributed by atoms with Crippen LogP contribution >= 0.6 is 11.3 Å². The summed E-state index contributed by atoms with van der Waals surface area (Å²) >= 11 is 1.05. The van der Waals surface area contributed by atoms with Gasteiger partial charge in [0.05, 0.1) is 12.0 Å². The molecule has 108 valence electrons. The van der Waals surface area contributed by atoms with Crippen LogP contribution in [0.25, 0.3) is 10.2 Å². The maximum Gasteiger partial charge on any atom is 0.348 e. The molecule has 0 aliphatic rings. The van der Waals surface area contributed by atoms with Gasteiger partial charge in [-0.2, -0.15) is 0 Å². The van der Waals surface area contributed by atoms with Crippen LogP contribution in [0.4, 0.5) is 0 Å². The van der Waals surface area contributed by atoms with E-state index in [0.717, 1.165) is 15.9 Å². The van der Waals surface area contributed by atoms with Crippen molar-refractivity contribution < 1.29 is 9.53 Å². The number of carbonyl (C=O) groups excluding carboxylic acids is 1. The maximum absolute atomic E-state index is 12.3. The van der Waals surface area contributed by atoms with Crippen LogP contribution in [0.15, 0.2) is 9.59 Å². The predicted molar refractivity (Wildman–Crippen MR) is 76.5 cm³/mol. The first-order chi connectivity index (χ1) is 9.51. The quantitative estimate of drug-likeness (QED) is 0.784. The number of hydrogen-bond acceptors (Lipinski definition) is 6. The van der Waals surface area contributed by atoms with Crippen LogP contribution in [-0.4, -0.2) is 28.7 Å². The summed E-state index contributed by atoms with van der Waals surface area (Å²) in [5.74, 6) is -0.489. The molecule has 0 saturated heterocycles. The lowest BCUT2D eigenvalue weighted by Gasteiger charge is -2.02. The highest BCUT2D eigenvalue weighted by Gasteiger charge is 2.20. The van der Waals surface area contributed by atoms with E-state index in [0.29, 0.717) is 20.7 Å². The van der Waals surface area contributed by atoms with Crippen molar-refractivity contribution >= 4 is 27.5 Å². The number of aryl methyl sites for hydroxylation is 1. The van der Waals surface area contributed by atoms with Crippen LogP contribution in [0.1, 0.15) is 22.2 Å². The van der Waals surface area contributed by atoms with E-state index < -0.39 is 17.2 Å². The Bertz CT molecular complexity index is 771. The molecule has 0 fully saturated rings. The lowest BCUT2D eigenvalue weighted by Crippen LogP contribution is -2.36. The fraction of sp³-hybridized carbons (Fsp3) is 0.417. The molecule has 8 heteroatoms. The number of hydrogen-bond donors (Lipinski definition) is 2. The molecule has 0 bridgehead atoms. The average Bonchev–Trinajstić information content (AvgIpc) is 2.72. The molecule has 2 rings (SSSR count). The maximum atomic E-state index is 12.3. The molecule has 20 heavy (non-hydrogen) atoms. The van der Waals surface area contributed by atoms with Gasteiger partial charge in [0, 0.05) is 13.1 Å². The Morgan fingerprint density at radius 1 is 1.45 bits per heavy atom. The molecule has 0 atom stereocenters. The molecular formula is C12H15N3O4S. The van der Waals surface area contributed by atoms with Crippen molar-refractivity contribution in [3.05, 3.63) is 31.3 Å². The summed E-state index contributed by atoms with van der Waals surface area (Å²) in [7, 11) is 0. The van der Waals surface area contributed by atoms with Gasteiger partial charge in [0.1, 0.15) is 9.71 Å². The number of H-pyrrole nitrogens is 1. The molecule has 0 amide bonds. The van der Waals surface area contributed by atoms with Crippen LogP contribution in [0.5, 0.6) is 0 Å². The van der Waals surface area contributed by atoms with Crippen molar-refractivity contribution in [3.8, 4) is 0 Å². The van der Waals surface area contributed by atoms with Gasteiger partial charge >= 0.3 is 11.7 Å². The van der Waals surface area contributed by atoms with Crippen LogP contribution in [0.2, 0.25) is 0 Å². The Morgan fingerprint density at radius 3 is 2.75 bits per heavy atom. The van der Waals surface area contributed by atoms with Gasteiger partial charge in [-0.05, 0) is 19.4 Å². The number of nitrogens with zero attached hydrogens (tertiary/aromatic N) is 1. The molecule has 0 unspecified atom stereocenters.